The van der Waals surface area contributed by atoms with Gasteiger partial charge in [-0.3, -0.25) is 10.1 Å². The number of thiophene rings is 1. The Morgan fingerprint density at radius 1 is 1.14 bits per heavy atom. The van der Waals surface area contributed by atoms with E-state index in [-0.39, 0.29) is 30.3 Å². The summed E-state index contributed by atoms with van der Waals surface area (Å²) in [5, 5.41) is 16.9. The van der Waals surface area contributed by atoms with Crippen molar-refractivity contribution >= 4 is 28.3 Å². The zero-order valence-electron chi connectivity index (χ0n) is 21.4. The number of carbonyl (C=O) groups is 2. The van der Waals surface area contributed by atoms with Gasteiger partial charge in [0.15, 0.2) is 0 Å². The Balaban J connectivity index is 1.49. The van der Waals surface area contributed by atoms with E-state index in [0.717, 1.165) is 29.8 Å². The molecule has 0 spiro atoms. The Kier molecular flexibility index (Phi) is 9.04. The first-order valence-electron chi connectivity index (χ1n) is 13.0. The summed E-state index contributed by atoms with van der Waals surface area (Å²) >= 11 is 1.51. The van der Waals surface area contributed by atoms with Crippen molar-refractivity contribution in [1.29, 1.82) is 0 Å². The number of nitrogens with one attached hydrogen (secondary N) is 1. The number of piperidine rings is 1. The van der Waals surface area contributed by atoms with Crippen molar-refractivity contribution in [2.45, 2.75) is 52.2 Å². The molecule has 2 fully saturated rings. The third-order valence-electron chi connectivity index (χ3n) is 7.57. The summed E-state index contributed by atoms with van der Waals surface area (Å²) < 4.78 is 5.98. The van der Waals surface area contributed by atoms with Crippen LogP contribution in [0.2, 0.25) is 0 Å². The minimum Gasteiger partial charge on any atom is -0.391 e. The van der Waals surface area contributed by atoms with Crippen LogP contribution in [0.1, 0.15) is 45.1 Å². The summed E-state index contributed by atoms with van der Waals surface area (Å²) in [7, 11) is 0. The third-order valence-corrected chi connectivity index (χ3v) is 8.35. The first-order chi connectivity index (χ1) is 17.3. The number of carbonyl (C=O) groups excluding carboxylic acids is 2. The minimum atomic E-state index is -0.690. The second kappa shape index (κ2) is 12.2. The molecule has 0 unspecified atom stereocenters. The average Bonchev–Trinajstić information content (AvgIpc) is 3.37. The van der Waals surface area contributed by atoms with Gasteiger partial charge in [-0.2, -0.15) is 0 Å². The molecule has 0 aliphatic carbocycles. The Labute approximate surface area is 218 Å². The van der Waals surface area contributed by atoms with Crippen LogP contribution in [0.25, 0.3) is 0 Å². The highest BCUT2D eigenvalue weighted by Gasteiger charge is 2.36. The lowest BCUT2D eigenvalue weighted by molar-refractivity contribution is -0.137. The van der Waals surface area contributed by atoms with Crippen LogP contribution in [0.4, 0.5) is 9.80 Å². The second-order valence-corrected chi connectivity index (χ2v) is 11.8. The fourth-order valence-corrected chi connectivity index (χ4v) is 5.75. The van der Waals surface area contributed by atoms with E-state index in [0.29, 0.717) is 39.3 Å². The molecule has 0 bridgehead atoms. The minimum absolute atomic E-state index is 0.0698. The van der Waals surface area contributed by atoms with E-state index in [2.05, 4.69) is 5.32 Å². The number of fused-ring (bicyclic) bond motifs is 1. The lowest BCUT2D eigenvalue weighted by Gasteiger charge is -2.39. The molecule has 4 rings (SSSR count). The predicted molar refractivity (Wildman–Crippen MR) is 143 cm³/mol. The van der Waals surface area contributed by atoms with E-state index in [9.17, 15) is 14.7 Å². The van der Waals surface area contributed by atoms with Gasteiger partial charge >= 0.3 is 6.03 Å². The van der Waals surface area contributed by atoms with Gasteiger partial charge in [-0.05, 0) is 54.2 Å². The molecule has 0 radical (unpaired) electrons. The predicted octanol–water partition coefficient (Wildman–Crippen LogP) is 4.83. The molecular weight excluding hydrogens is 474 g/mol. The van der Waals surface area contributed by atoms with Crippen LogP contribution in [-0.4, -0.2) is 65.8 Å². The molecule has 1 aromatic heterocycles. The molecule has 2 aromatic rings. The fourth-order valence-electron chi connectivity index (χ4n) is 5.14. The van der Waals surface area contributed by atoms with E-state index >= 15 is 0 Å². The lowest BCUT2D eigenvalue weighted by Crippen LogP contribution is -2.48. The molecule has 2 N–H and O–H groups in total. The van der Waals surface area contributed by atoms with E-state index in [1.54, 1.807) is 0 Å². The number of rotatable bonds is 3. The molecule has 1 aromatic carbocycles. The number of β-amino-alcohol motifs (C(OH)–C–C–N with tert-alkyl or cyclic N) is 1. The van der Waals surface area contributed by atoms with Crippen molar-refractivity contribution < 1.29 is 19.4 Å². The van der Waals surface area contributed by atoms with Crippen molar-refractivity contribution in [2.75, 3.05) is 38.2 Å². The molecule has 36 heavy (non-hydrogen) atoms. The van der Waals surface area contributed by atoms with Crippen molar-refractivity contribution in [2.24, 2.45) is 17.3 Å². The number of hydrogen-bond donors (Lipinski definition) is 2. The van der Waals surface area contributed by atoms with Gasteiger partial charge in [0.05, 0.1) is 17.7 Å². The first kappa shape index (κ1) is 26.6. The molecule has 2 saturated heterocycles. The van der Waals surface area contributed by atoms with Crippen molar-refractivity contribution in [3.05, 3.63) is 53.4 Å². The molecule has 3 atom stereocenters. The number of urea groups is 1. The van der Waals surface area contributed by atoms with E-state index in [1.165, 1.54) is 11.3 Å². The average molecular weight is 514 g/mol. The highest BCUT2D eigenvalue weighted by molar-refractivity contribution is 7.14. The molecule has 0 saturated carbocycles. The van der Waals surface area contributed by atoms with Gasteiger partial charge in [0.2, 0.25) is 5.91 Å². The smallest absolute Gasteiger partial charge is 0.322 e. The molecule has 2 aliphatic rings. The van der Waals surface area contributed by atoms with Crippen LogP contribution in [0.15, 0.2) is 47.8 Å². The summed E-state index contributed by atoms with van der Waals surface area (Å²) in [5.74, 6) is 0.505. The summed E-state index contributed by atoms with van der Waals surface area (Å²) in [6, 6.07) is 13.7. The molecule has 3 amide bonds. The first-order valence-corrected chi connectivity index (χ1v) is 13.9. The van der Waals surface area contributed by atoms with Crippen LogP contribution >= 0.6 is 11.3 Å². The van der Waals surface area contributed by atoms with E-state index in [4.69, 9.17) is 4.74 Å². The van der Waals surface area contributed by atoms with Crippen molar-refractivity contribution in [3.63, 3.8) is 0 Å². The molecular formula is C28H39N3O4S. The third kappa shape index (κ3) is 7.08. The second-order valence-electron chi connectivity index (χ2n) is 10.8. The number of likely N-dealkylation sites (tertiary alicyclic amines) is 1. The molecule has 3 heterocycles. The topological polar surface area (TPSA) is 82.1 Å². The summed E-state index contributed by atoms with van der Waals surface area (Å²) in [4.78, 5) is 30.2. The maximum Gasteiger partial charge on any atom is 0.322 e. The van der Waals surface area contributed by atoms with Gasteiger partial charge < -0.3 is 19.6 Å². The molecule has 196 valence electrons. The fraction of sp³-hybridized carbons (Fsp3) is 0.571. The summed E-state index contributed by atoms with van der Waals surface area (Å²) in [6.45, 7) is 7.06. The number of amides is 3. The van der Waals surface area contributed by atoms with Gasteiger partial charge in [0.1, 0.15) is 0 Å². The SMILES string of the molecule is CC1(C)COCCC[C@H]2CN(C(=O)Nc3cccs3)CC[C@H]2CC(=O)N(Cc2ccccc2)C[C@@H]1O. The quantitative estimate of drug-likeness (QED) is 0.616. The summed E-state index contributed by atoms with van der Waals surface area (Å²) in [5.41, 5.74) is 0.584. The number of ether oxygens (including phenoxy) is 1. The standard InChI is InChI=1S/C28H39N3O4S/c1-28(2)20-35-14-6-10-23-18-30(27(34)29-25-11-7-15-36-25)13-12-22(23)16-26(33)31(19-24(28)32)17-21-8-4-3-5-9-21/h3-5,7-9,11,15,22-24,32H,6,10,12-14,16-20H2,1-2H3,(H,29,34)/t22-,23-,24-/m0/s1. The molecule has 2 aliphatic heterocycles. The van der Waals surface area contributed by atoms with Crippen LogP contribution in [0.3, 0.4) is 0 Å². The van der Waals surface area contributed by atoms with Crippen molar-refractivity contribution in [3.8, 4) is 0 Å². The van der Waals surface area contributed by atoms with Crippen LogP contribution in [0, 0.1) is 17.3 Å². The Morgan fingerprint density at radius 2 is 1.94 bits per heavy atom. The number of anilines is 1. The van der Waals surface area contributed by atoms with Crippen LogP contribution < -0.4 is 5.32 Å². The number of hydrogen-bond acceptors (Lipinski definition) is 5. The largest absolute Gasteiger partial charge is 0.391 e. The molecule has 8 heteroatoms. The van der Waals surface area contributed by atoms with Gasteiger partial charge in [0, 0.05) is 44.6 Å². The maximum absolute atomic E-state index is 13.7. The zero-order chi connectivity index (χ0) is 25.5. The van der Waals surface area contributed by atoms with Gasteiger partial charge in [-0.15, -0.1) is 11.3 Å². The van der Waals surface area contributed by atoms with Gasteiger partial charge in [-0.25, -0.2) is 4.79 Å². The lowest BCUT2D eigenvalue weighted by atomic mass is 9.80. The Bertz CT molecular complexity index is 982. The van der Waals surface area contributed by atoms with Crippen LogP contribution in [-0.2, 0) is 16.1 Å². The normalized spacial score (nSPS) is 25.8. The zero-order valence-corrected chi connectivity index (χ0v) is 22.2. The van der Waals surface area contributed by atoms with E-state index < -0.39 is 11.5 Å². The Hall–Kier alpha value is -2.42. The Morgan fingerprint density at radius 3 is 2.69 bits per heavy atom. The van der Waals surface area contributed by atoms with Crippen LogP contribution in [0.5, 0.6) is 0 Å². The molecule has 7 nitrogen and oxygen atoms in total. The maximum atomic E-state index is 13.7. The number of benzene rings is 1. The van der Waals surface area contributed by atoms with Crippen molar-refractivity contribution in [1.82, 2.24) is 9.80 Å². The summed E-state index contributed by atoms with van der Waals surface area (Å²) in [6.07, 6.45) is 2.32. The number of aliphatic hydroxyl groups is 1. The van der Waals surface area contributed by atoms with E-state index in [1.807, 2.05) is 71.5 Å². The number of nitrogens with zero attached hydrogens (tertiary/aromatic N) is 2. The number of aliphatic hydroxyl groups excluding tert-OH is 1. The highest BCUT2D eigenvalue weighted by atomic mass is 32.1. The highest BCUT2D eigenvalue weighted by Crippen LogP contribution is 2.33. The van der Waals surface area contributed by atoms with Gasteiger partial charge in [0.25, 0.3) is 0 Å². The monoisotopic (exact) mass is 513 g/mol. The van der Waals surface area contributed by atoms with Gasteiger partial charge in [-0.1, -0.05) is 44.2 Å².